The standard InChI is InChI=1S/C29H29N3O2/c1-33-27-15-13-24(22-11-7-17-31-29(22)27)28-23(10-5-6-16-30)25-18-21(12-14-26(25)32-28)34-19-20-8-3-2-4-9-20/h2-4,7-9,11-15,17-18,32H,5-6,10,16,19,30H2,1H3. The lowest BCUT2D eigenvalue weighted by Crippen LogP contribution is -1.99. The van der Waals surface area contributed by atoms with Gasteiger partial charge in [-0.3, -0.25) is 4.98 Å². The lowest BCUT2D eigenvalue weighted by Gasteiger charge is -2.11. The predicted octanol–water partition coefficient (Wildman–Crippen LogP) is 6.25. The first-order chi connectivity index (χ1) is 16.8. The molecule has 5 aromatic rings. The van der Waals surface area contributed by atoms with Crippen LogP contribution in [0.15, 0.2) is 79.0 Å². The molecule has 5 nitrogen and oxygen atoms in total. The largest absolute Gasteiger partial charge is 0.494 e. The van der Waals surface area contributed by atoms with E-state index in [4.69, 9.17) is 15.2 Å². The van der Waals surface area contributed by atoms with E-state index < -0.39 is 0 Å². The van der Waals surface area contributed by atoms with Crippen LogP contribution in [0.2, 0.25) is 0 Å². The summed E-state index contributed by atoms with van der Waals surface area (Å²) in [5.41, 5.74) is 12.4. The zero-order chi connectivity index (χ0) is 23.3. The van der Waals surface area contributed by atoms with Crippen LogP contribution in [-0.4, -0.2) is 23.6 Å². The maximum Gasteiger partial charge on any atom is 0.145 e. The number of hydrogen-bond donors (Lipinski definition) is 2. The van der Waals surface area contributed by atoms with Crippen molar-refractivity contribution in [3.05, 3.63) is 90.1 Å². The van der Waals surface area contributed by atoms with Crippen molar-refractivity contribution in [1.82, 2.24) is 9.97 Å². The van der Waals surface area contributed by atoms with Crippen LogP contribution in [-0.2, 0) is 13.0 Å². The van der Waals surface area contributed by atoms with Crippen molar-refractivity contribution >= 4 is 21.8 Å². The number of unbranched alkanes of at least 4 members (excludes halogenated alkanes) is 1. The summed E-state index contributed by atoms with van der Waals surface area (Å²) in [6.07, 6.45) is 4.75. The Bertz CT molecular complexity index is 1410. The molecule has 172 valence electrons. The molecule has 0 aliphatic rings. The number of nitrogens with zero attached hydrogens (tertiary/aromatic N) is 1. The van der Waals surface area contributed by atoms with E-state index >= 15 is 0 Å². The number of H-pyrrole nitrogens is 1. The highest BCUT2D eigenvalue weighted by Gasteiger charge is 2.17. The quantitative estimate of drug-likeness (QED) is 0.260. The second-order valence-corrected chi connectivity index (χ2v) is 8.42. The number of fused-ring (bicyclic) bond motifs is 2. The van der Waals surface area contributed by atoms with E-state index in [1.54, 1.807) is 13.3 Å². The van der Waals surface area contributed by atoms with Gasteiger partial charge < -0.3 is 20.2 Å². The molecule has 0 spiro atoms. The molecule has 0 fully saturated rings. The van der Waals surface area contributed by atoms with Crippen molar-refractivity contribution in [2.45, 2.75) is 25.9 Å². The molecule has 0 saturated heterocycles. The molecule has 0 amide bonds. The molecule has 0 unspecified atom stereocenters. The van der Waals surface area contributed by atoms with E-state index in [-0.39, 0.29) is 0 Å². The minimum atomic E-state index is 0.543. The molecule has 0 radical (unpaired) electrons. The summed E-state index contributed by atoms with van der Waals surface area (Å²) in [6.45, 7) is 1.24. The Kier molecular flexibility index (Phi) is 6.45. The smallest absolute Gasteiger partial charge is 0.145 e. The van der Waals surface area contributed by atoms with Gasteiger partial charge in [-0.05, 0) is 73.3 Å². The molecular formula is C29H29N3O2. The molecule has 5 heteroatoms. The maximum absolute atomic E-state index is 6.14. The summed E-state index contributed by atoms with van der Waals surface area (Å²) in [5.74, 6) is 1.64. The Morgan fingerprint density at radius 2 is 1.79 bits per heavy atom. The summed E-state index contributed by atoms with van der Waals surface area (Å²) in [7, 11) is 1.68. The Morgan fingerprint density at radius 1 is 0.912 bits per heavy atom. The number of aromatic amines is 1. The van der Waals surface area contributed by atoms with Crippen molar-refractivity contribution in [3.63, 3.8) is 0 Å². The average Bonchev–Trinajstić information content (AvgIpc) is 3.25. The molecule has 0 aliphatic carbocycles. The molecule has 3 N–H and O–H groups in total. The van der Waals surface area contributed by atoms with Crippen LogP contribution in [0.1, 0.15) is 24.0 Å². The Morgan fingerprint density at radius 3 is 2.62 bits per heavy atom. The summed E-state index contributed by atoms with van der Waals surface area (Å²) < 4.78 is 11.7. The average molecular weight is 452 g/mol. The topological polar surface area (TPSA) is 73.2 Å². The lowest BCUT2D eigenvalue weighted by atomic mass is 9.97. The number of aromatic nitrogens is 2. The highest BCUT2D eigenvalue weighted by molar-refractivity contribution is 6.01. The van der Waals surface area contributed by atoms with Crippen LogP contribution in [0, 0.1) is 0 Å². The Labute approximate surface area is 199 Å². The summed E-state index contributed by atoms with van der Waals surface area (Å²) in [6, 6.07) is 24.7. The van der Waals surface area contributed by atoms with Gasteiger partial charge in [-0.2, -0.15) is 0 Å². The minimum Gasteiger partial charge on any atom is -0.494 e. The van der Waals surface area contributed by atoms with E-state index in [1.807, 2.05) is 36.4 Å². The van der Waals surface area contributed by atoms with Gasteiger partial charge in [0.05, 0.1) is 12.8 Å². The van der Waals surface area contributed by atoms with Crippen LogP contribution >= 0.6 is 0 Å². The van der Waals surface area contributed by atoms with Crippen molar-refractivity contribution in [3.8, 4) is 22.8 Å². The molecule has 0 saturated carbocycles. The van der Waals surface area contributed by atoms with Gasteiger partial charge in [0.1, 0.15) is 23.6 Å². The van der Waals surface area contributed by atoms with Crippen LogP contribution in [0.3, 0.4) is 0 Å². The minimum absolute atomic E-state index is 0.543. The fraction of sp³-hybridized carbons (Fsp3) is 0.207. The molecule has 0 atom stereocenters. The lowest BCUT2D eigenvalue weighted by molar-refractivity contribution is 0.306. The van der Waals surface area contributed by atoms with Gasteiger partial charge in [0, 0.05) is 28.0 Å². The molecule has 5 rings (SSSR count). The fourth-order valence-electron chi connectivity index (χ4n) is 4.52. The summed E-state index contributed by atoms with van der Waals surface area (Å²) >= 11 is 0. The molecule has 0 bridgehead atoms. The van der Waals surface area contributed by atoms with Crippen LogP contribution < -0.4 is 15.2 Å². The third-order valence-electron chi connectivity index (χ3n) is 6.23. The first-order valence-corrected chi connectivity index (χ1v) is 11.7. The van der Waals surface area contributed by atoms with Gasteiger partial charge in [0.2, 0.25) is 0 Å². The second-order valence-electron chi connectivity index (χ2n) is 8.42. The fourth-order valence-corrected chi connectivity index (χ4v) is 4.52. The third kappa shape index (κ3) is 4.35. The van der Waals surface area contributed by atoms with Gasteiger partial charge >= 0.3 is 0 Å². The number of nitrogens with two attached hydrogens (primary N) is 1. The summed E-state index contributed by atoms with van der Waals surface area (Å²) in [5, 5.41) is 2.25. The van der Waals surface area contributed by atoms with Crippen molar-refractivity contribution in [1.29, 1.82) is 0 Å². The molecule has 2 heterocycles. The van der Waals surface area contributed by atoms with Crippen molar-refractivity contribution in [2.24, 2.45) is 5.73 Å². The molecule has 34 heavy (non-hydrogen) atoms. The highest BCUT2D eigenvalue weighted by Crippen LogP contribution is 2.38. The van der Waals surface area contributed by atoms with E-state index in [2.05, 4.69) is 46.4 Å². The van der Waals surface area contributed by atoms with E-state index in [9.17, 15) is 0 Å². The van der Waals surface area contributed by atoms with E-state index in [1.165, 1.54) is 10.9 Å². The first kappa shape index (κ1) is 22.0. The summed E-state index contributed by atoms with van der Waals surface area (Å²) in [4.78, 5) is 8.27. The van der Waals surface area contributed by atoms with Crippen LogP contribution in [0.25, 0.3) is 33.1 Å². The zero-order valence-electron chi connectivity index (χ0n) is 19.4. The van der Waals surface area contributed by atoms with Gasteiger partial charge in [0.15, 0.2) is 0 Å². The number of hydrogen-bond acceptors (Lipinski definition) is 4. The molecule has 0 aliphatic heterocycles. The second kappa shape index (κ2) is 9.98. The molecule has 3 aromatic carbocycles. The van der Waals surface area contributed by atoms with Crippen molar-refractivity contribution in [2.75, 3.05) is 13.7 Å². The monoisotopic (exact) mass is 451 g/mol. The Hall–Kier alpha value is -3.83. The SMILES string of the molecule is COc1ccc(-c2[nH]c3ccc(OCc4ccccc4)cc3c2CCCCN)c2cccnc12. The number of aryl methyl sites for hydroxylation is 1. The Balaban J connectivity index is 1.59. The highest BCUT2D eigenvalue weighted by atomic mass is 16.5. The third-order valence-corrected chi connectivity index (χ3v) is 6.23. The first-order valence-electron chi connectivity index (χ1n) is 11.7. The number of rotatable bonds is 9. The zero-order valence-corrected chi connectivity index (χ0v) is 19.4. The number of methoxy groups -OCH3 is 1. The van der Waals surface area contributed by atoms with Gasteiger partial charge in [0.25, 0.3) is 0 Å². The van der Waals surface area contributed by atoms with Crippen LogP contribution in [0.4, 0.5) is 0 Å². The normalized spacial score (nSPS) is 11.2. The van der Waals surface area contributed by atoms with E-state index in [0.29, 0.717) is 13.2 Å². The molecule has 2 aromatic heterocycles. The van der Waals surface area contributed by atoms with E-state index in [0.717, 1.165) is 64.0 Å². The van der Waals surface area contributed by atoms with Gasteiger partial charge in [-0.15, -0.1) is 0 Å². The number of ether oxygens (including phenoxy) is 2. The van der Waals surface area contributed by atoms with Gasteiger partial charge in [-0.25, -0.2) is 0 Å². The maximum atomic E-state index is 6.14. The van der Waals surface area contributed by atoms with Crippen LogP contribution in [0.5, 0.6) is 11.5 Å². The van der Waals surface area contributed by atoms with Gasteiger partial charge in [-0.1, -0.05) is 36.4 Å². The number of pyridine rings is 1. The predicted molar refractivity (Wildman–Crippen MR) is 138 cm³/mol. The number of benzene rings is 3. The number of nitrogens with one attached hydrogen (secondary N) is 1. The molecular weight excluding hydrogens is 422 g/mol. The van der Waals surface area contributed by atoms with Crippen molar-refractivity contribution < 1.29 is 9.47 Å².